The first-order chi connectivity index (χ1) is 14.8. The molecule has 0 unspecified atom stereocenters. The molecular formula is C22H28BrN5O2S. The summed E-state index contributed by atoms with van der Waals surface area (Å²) in [6, 6.07) is 3.62. The number of aromatic nitrogens is 3. The molecule has 0 atom stereocenters. The Morgan fingerprint density at radius 3 is 2.74 bits per heavy atom. The average Bonchev–Trinajstić information content (AvgIpc) is 3.42. The van der Waals surface area contributed by atoms with Gasteiger partial charge in [-0.2, -0.15) is 5.10 Å². The molecule has 0 N–H and O–H groups in total. The molecule has 3 aromatic rings. The summed E-state index contributed by atoms with van der Waals surface area (Å²) < 4.78 is 8.50. The highest BCUT2D eigenvalue weighted by Crippen LogP contribution is 2.26. The molecule has 0 saturated carbocycles. The fourth-order valence-electron chi connectivity index (χ4n) is 3.60. The zero-order chi connectivity index (χ0) is 22.0. The van der Waals surface area contributed by atoms with Crippen molar-refractivity contribution in [1.29, 1.82) is 0 Å². The van der Waals surface area contributed by atoms with Crippen molar-refractivity contribution in [2.75, 3.05) is 26.2 Å². The molecule has 0 bridgehead atoms. The second-order valence-electron chi connectivity index (χ2n) is 8.94. The molecule has 3 aromatic heterocycles. The van der Waals surface area contributed by atoms with Crippen LogP contribution in [0, 0.1) is 0 Å². The van der Waals surface area contributed by atoms with Gasteiger partial charge in [0.1, 0.15) is 5.76 Å². The number of amides is 1. The van der Waals surface area contributed by atoms with E-state index in [9.17, 15) is 4.79 Å². The van der Waals surface area contributed by atoms with Crippen LogP contribution in [-0.2, 0) is 18.5 Å². The van der Waals surface area contributed by atoms with Gasteiger partial charge in [-0.1, -0.05) is 20.8 Å². The summed E-state index contributed by atoms with van der Waals surface area (Å²) >= 11 is 5.12. The van der Waals surface area contributed by atoms with Gasteiger partial charge < -0.3 is 9.32 Å². The van der Waals surface area contributed by atoms with Gasteiger partial charge in [-0.05, 0) is 34.5 Å². The fourth-order valence-corrected chi connectivity index (χ4v) is 4.83. The van der Waals surface area contributed by atoms with Crippen molar-refractivity contribution in [3.8, 4) is 0 Å². The van der Waals surface area contributed by atoms with Crippen molar-refractivity contribution in [3.05, 3.63) is 56.6 Å². The van der Waals surface area contributed by atoms with Gasteiger partial charge in [0.15, 0.2) is 5.76 Å². The van der Waals surface area contributed by atoms with E-state index in [1.165, 1.54) is 5.01 Å². The molecule has 0 radical (unpaired) electrons. The minimum absolute atomic E-state index is 0.0431. The topological polar surface area (TPSA) is 67.4 Å². The number of hydrogen-bond donors (Lipinski definition) is 0. The Morgan fingerprint density at radius 2 is 2.03 bits per heavy atom. The van der Waals surface area contributed by atoms with Crippen LogP contribution in [0.25, 0.3) is 0 Å². The zero-order valence-corrected chi connectivity index (χ0v) is 20.6. The van der Waals surface area contributed by atoms with Crippen molar-refractivity contribution in [1.82, 2.24) is 24.6 Å². The molecule has 0 spiro atoms. The molecule has 0 aromatic carbocycles. The predicted molar refractivity (Wildman–Crippen MR) is 124 cm³/mol. The normalized spacial score (nSPS) is 15.9. The van der Waals surface area contributed by atoms with E-state index in [2.05, 4.69) is 52.1 Å². The minimum Gasteiger partial charge on any atom is -0.454 e. The third kappa shape index (κ3) is 5.64. The van der Waals surface area contributed by atoms with Crippen LogP contribution in [0.15, 0.2) is 38.8 Å². The van der Waals surface area contributed by atoms with Gasteiger partial charge >= 0.3 is 0 Å². The Morgan fingerprint density at radius 1 is 1.19 bits per heavy atom. The summed E-state index contributed by atoms with van der Waals surface area (Å²) in [6.45, 7) is 11.1. The van der Waals surface area contributed by atoms with Crippen LogP contribution in [0.1, 0.15) is 54.2 Å². The van der Waals surface area contributed by atoms with E-state index >= 15 is 0 Å². The van der Waals surface area contributed by atoms with Crippen LogP contribution in [0.3, 0.4) is 0 Å². The lowest BCUT2D eigenvalue weighted by atomic mass is 9.98. The molecule has 4 heterocycles. The summed E-state index contributed by atoms with van der Waals surface area (Å²) in [7, 11) is 0. The van der Waals surface area contributed by atoms with Gasteiger partial charge in [-0.25, -0.2) is 4.98 Å². The second-order valence-corrected chi connectivity index (χ2v) is 10.7. The molecule has 1 saturated heterocycles. The standard InChI is InChI=1S/C22H28BrN5O2S/c1-22(2,3)21-25-17(15-31-21)13-26-7-4-8-27(10-9-26)20(29)19-6-5-18(30-19)14-28-12-16(23)11-24-28/h5-6,11-12,15H,4,7-10,13-14H2,1-3H3. The summed E-state index contributed by atoms with van der Waals surface area (Å²) in [4.78, 5) is 22.1. The molecule has 4 rings (SSSR count). The summed E-state index contributed by atoms with van der Waals surface area (Å²) in [5, 5.41) is 7.56. The number of nitrogens with zero attached hydrogens (tertiary/aromatic N) is 5. The highest BCUT2D eigenvalue weighted by atomic mass is 79.9. The maximum absolute atomic E-state index is 13.0. The molecule has 1 aliphatic rings. The van der Waals surface area contributed by atoms with E-state index in [-0.39, 0.29) is 11.3 Å². The van der Waals surface area contributed by atoms with Crippen LogP contribution in [0.2, 0.25) is 0 Å². The third-order valence-corrected chi connectivity index (χ3v) is 6.97. The Balaban J connectivity index is 1.33. The van der Waals surface area contributed by atoms with Crippen LogP contribution in [0.5, 0.6) is 0 Å². The average molecular weight is 506 g/mol. The summed E-state index contributed by atoms with van der Waals surface area (Å²) in [5.74, 6) is 1.07. The first-order valence-electron chi connectivity index (χ1n) is 10.5. The van der Waals surface area contributed by atoms with Gasteiger partial charge in [0.05, 0.1) is 27.9 Å². The van der Waals surface area contributed by atoms with Crippen molar-refractivity contribution >= 4 is 33.2 Å². The molecule has 9 heteroatoms. The van der Waals surface area contributed by atoms with Gasteiger partial charge in [-0.15, -0.1) is 11.3 Å². The lowest BCUT2D eigenvalue weighted by molar-refractivity contribution is 0.0727. The Labute approximate surface area is 195 Å². The first kappa shape index (κ1) is 22.2. The minimum atomic E-state index is -0.0431. The van der Waals surface area contributed by atoms with E-state index < -0.39 is 0 Å². The number of rotatable bonds is 5. The van der Waals surface area contributed by atoms with Crippen molar-refractivity contribution in [2.24, 2.45) is 0 Å². The van der Waals surface area contributed by atoms with E-state index in [4.69, 9.17) is 9.40 Å². The van der Waals surface area contributed by atoms with Crippen molar-refractivity contribution in [2.45, 2.75) is 45.7 Å². The largest absolute Gasteiger partial charge is 0.454 e. The summed E-state index contributed by atoms with van der Waals surface area (Å²) in [6.07, 6.45) is 4.55. The van der Waals surface area contributed by atoms with Crippen LogP contribution in [0.4, 0.5) is 0 Å². The van der Waals surface area contributed by atoms with Gasteiger partial charge in [0, 0.05) is 49.7 Å². The van der Waals surface area contributed by atoms with E-state index in [1.807, 2.05) is 17.2 Å². The van der Waals surface area contributed by atoms with Gasteiger partial charge in [-0.3, -0.25) is 14.4 Å². The smallest absolute Gasteiger partial charge is 0.289 e. The quantitative estimate of drug-likeness (QED) is 0.514. The van der Waals surface area contributed by atoms with Crippen molar-refractivity contribution < 1.29 is 9.21 Å². The summed E-state index contributed by atoms with van der Waals surface area (Å²) in [5.41, 5.74) is 1.21. The van der Waals surface area contributed by atoms with Gasteiger partial charge in [0.25, 0.3) is 5.91 Å². The monoisotopic (exact) mass is 505 g/mol. The lowest BCUT2D eigenvalue weighted by Gasteiger charge is -2.21. The second kappa shape index (κ2) is 9.26. The van der Waals surface area contributed by atoms with E-state index in [0.717, 1.165) is 42.8 Å². The molecule has 1 fully saturated rings. The Bertz CT molecular complexity index is 1030. The Hall–Kier alpha value is -1.97. The molecule has 31 heavy (non-hydrogen) atoms. The number of carbonyl (C=O) groups excluding carboxylic acids is 1. The maximum Gasteiger partial charge on any atom is 0.289 e. The highest BCUT2D eigenvalue weighted by molar-refractivity contribution is 9.10. The van der Waals surface area contributed by atoms with Gasteiger partial charge in [0.2, 0.25) is 0 Å². The lowest BCUT2D eigenvalue weighted by Crippen LogP contribution is -2.35. The highest BCUT2D eigenvalue weighted by Gasteiger charge is 2.24. The first-order valence-corrected chi connectivity index (χ1v) is 12.2. The number of thiazole rings is 1. The maximum atomic E-state index is 13.0. The third-order valence-electron chi connectivity index (χ3n) is 5.25. The fraction of sp³-hybridized carbons (Fsp3) is 0.500. The number of hydrogen-bond acceptors (Lipinski definition) is 6. The van der Waals surface area contributed by atoms with E-state index in [1.54, 1.807) is 28.3 Å². The molecule has 0 aliphatic carbocycles. The van der Waals surface area contributed by atoms with Crippen molar-refractivity contribution in [3.63, 3.8) is 0 Å². The SMILES string of the molecule is CC(C)(C)c1nc(CN2CCCN(C(=O)c3ccc(Cn4cc(Br)cn4)o3)CC2)cs1. The predicted octanol–water partition coefficient (Wildman–Crippen LogP) is 4.39. The Kier molecular flexibility index (Phi) is 6.64. The van der Waals surface area contributed by atoms with Crippen LogP contribution in [-0.4, -0.2) is 56.7 Å². The zero-order valence-electron chi connectivity index (χ0n) is 18.2. The molecule has 1 aliphatic heterocycles. The number of furan rings is 1. The number of carbonyl (C=O) groups is 1. The number of halogens is 1. The molecule has 166 valence electrons. The molecular weight excluding hydrogens is 478 g/mol. The molecule has 7 nitrogen and oxygen atoms in total. The van der Waals surface area contributed by atoms with E-state index in [0.29, 0.717) is 24.6 Å². The van der Waals surface area contributed by atoms with Crippen LogP contribution >= 0.6 is 27.3 Å². The van der Waals surface area contributed by atoms with Crippen LogP contribution < -0.4 is 0 Å². The molecule has 1 amide bonds.